The molecule has 0 radical (unpaired) electrons. The molecule has 2 rings (SSSR count). The van der Waals surface area contributed by atoms with Gasteiger partial charge in [0.25, 0.3) is 0 Å². The second kappa shape index (κ2) is 20.4. The number of carbonyl (C=O) groups excluding carboxylic acids is 4. The van der Waals surface area contributed by atoms with E-state index in [1.54, 1.807) is 0 Å². The van der Waals surface area contributed by atoms with Crippen molar-refractivity contribution in [3.63, 3.8) is 0 Å². The highest BCUT2D eigenvalue weighted by Gasteiger charge is 2.59. The summed E-state index contributed by atoms with van der Waals surface area (Å²) in [6.45, 7) is 11.8. The number of carbonyl (C=O) groups is 4. The third-order valence-corrected chi connectivity index (χ3v) is 9.54. The van der Waals surface area contributed by atoms with Crippen molar-refractivity contribution in [3.8, 4) is 0 Å². The Labute approximate surface area is 265 Å². The molecule has 8 nitrogen and oxygen atoms in total. The molecule has 2 fully saturated rings. The maximum atomic E-state index is 13.4. The largest absolute Gasteiger partial charge is 0.463 e. The van der Waals surface area contributed by atoms with Gasteiger partial charge in [-0.05, 0) is 102 Å². The first-order valence-electron chi connectivity index (χ1n) is 17.2. The molecule has 0 atom stereocenters. The Morgan fingerprint density at radius 3 is 1.30 bits per heavy atom. The fourth-order valence-electron chi connectivity index (χ4n) is 7.08. The second-order valence-electron chi connectivity index (χ2n) is 12.8. The number of rotatable bonds is 21. The van der Waals surface area contributed by atoms with E-state index in [2.05, 4.69) is 27.0 Å². The molecule has 0 aliphatic heterocycles. The molecule has 250 valence electrons. The van der Waals surface area contributed by atoms with Crippen LogP contribution in [0, 0.1) is 11.8 Å². The second-order valence-corrected chi connectivity index (χ2v) is 12.8. The lowest BCUT2D eigenvalue weighted by atomic mass is 9.62. The Balaban J connectivity index is 2.11. The van der Waals surface area contributed by atoms with E-state index in [1.165, 1.54) is 0 Å². The first kappa shape index (κ1) is 37.5. The van der Waals surface area contributed by atoms with Crippen LogP contribution in [0.5, 0.6) is 0 Å². The Kier molecular flexibility index (Phi) is 17.4. The predicted molar refractivity (Wildman–Crippen MR) is 171 cm³/mol. The van der Waals surface area contributed by atoms with Crippen LogP contribution in [0.15, 0.2) is 25.3 Å². The Morgan fingerprint density at radius 2 is 0.977 bits per heavy atom. The van der Waals surface area contributed by atoms with Crippen molar-refractivity contribution in [2.24, 2.45) is 11.8 Å². The van der Waals surface area contributed by atoms with Crippen LogP contribution >= 0.6 is 0 Å². The van der Waals surface area contributed by atoms with Crippen LogP contribution in [-0.2, 0) is 38.1 Å². The summed E-state index contributed by atoms with van der Waals surface area (Å²) in [5, 5.41) is 0. The third-order valence-electron chi connectivity index (χ3n) is 9.54. The topological polar surface area (TPSA) is 105 Å². The fourth-order valence-corrected chi connectivity index (χ4v) is 7.08. The van der Waals surface area contributed by atoms with Gasteiger partial charge < -0.3 is 18.9 Å². The summed E-state index contributed by atoms with van der Waals surface area (Å²) in [6.07, 6.45) is 18.4. The maximum absolute atomic E-state index is 13.4. The van der Waals surface area contributed by atoms with E-state index < -0.39 is 23.1 Å². The van der Waals surface area contributed by atoms with Gasteiger partial charge in [-0.3, -0.25) is 9.59 Å². The highest BCUT2D eigenvalue weighted by molar-refractivity contribution is 5.81. The number of hydrogen-bond donors (Lipinski definition) is 0. The zero-order valence-corrected chi connectivity index (χ0v) is 27.5. The van der Waals surface area contributed by atoms with Gasteiger partial charge in [-0.1, -0.05) is 52.7 Å². The lowest BCUT2D eigenvalue weighted by molar-refractivity contribution is -0.234. The van der Waals surface area contributed by atoms with Crippen LogP contribution in [0.2, 0.25) is 0 Å². The SMILES string of the molecule is C=CC(=O)OCCCCCC(=O)OC1(C2(OC(=O)CCCCCOC(=O)C=C)CCC(CCC)CC2)CCC(CCC)CC1. The van der Waals surface area contributed by atoms with Crippen LogP contribution in [0.4, 0.5) is 0 Å². The molecule has 0 unspecified atom stereocenters. The minimum atomic E-state index is -0.806. The van der Waals surface area contributed by atoms with Gasteiger partial charge in [0, 0.05) is 25.0 Å². The molecule has 2 aliphatic carbocycles. The number of ether oxygens (including phenoxy) is 4. The molecule has 0 saturated heterocycles. The van der Waals surface area contributed by atoms with Gasteiger partial charge >= 0.3 is 23.9 Å². The first-order valence-corrected chi connectivity index (χ1v) is 17.2. The number of esters is 4. The van der Waals surface area contributed by atoms with E-state index in [-0.39, 0.29) is 24.8 Å². The first-order chi connectivity index (χ1) is 21.2. The molecule has 2 saturated carbocycles. The molecule has 8 heteroatoms. The molecule has 0 amide bonds. The summed E-state index contributed by atoms with van der Waals surface area (Å²) in [6, 6.07) is 0. The van der Waals surface area contributed by atoms with Crippen molar-refractivity contribution in [2.75, 3.05) is 13.2 Å². The normalized spacial score (nSPS) is 25.0. The number of unbranched alkanes of at least 4 members (excludes halogenated alkanes) is 4. The summed E-state index contributed by atoms with van der Waals surface area (Å²) < 4.78 is 23.1. The predicted octanol–water partition coefficient (Wildman–Crippen LogP) is 8.11. The molecular formula is C36H58O8. The smallest absolute Gasteiger partial charge is 0.330 e. The highest BCUT2D eigenvalue weighted by atomic mass is 16.6. The van der Waals surface area contributed by atoms with Crippen LogP contribution in [0.25, 0.3) is 0 Å². The van der Waals surface area contributed by atoms with Crippen molar-refractivity contribution in [1.82, 2.24) is 0 Å². The fraction of sp³-hybridized carbons (Fsp3) is 0.778. The van der Waals surface area contributed by atoms with Crippen LogP contribution < -0.4 is 0 Å². The van der Waals surface area contributed by atoms with E-state index in [0.29, 0.717) is 50.7 Å². The molecule has 0 aromatic rings. The lowest BCUT2D eigenvalue weighted by Crippen LogP contribution is -2.61. The standard InChI is InChI=1S/C36H58O8/c1-5-15-29-19-23-35(24-20-29,43-33(39)17-11-9-13-27-41-31(37)7-3)36(25-21-30(16-6-2)22-26-36)44-34(40)18-12-10-14-28-42-32(38)8-4/h7-8,29-30H,3-6,9-28H2,1-2H3. The molecule has 0 N–H and O–H groups in total. The van der Waals surface area contributed by atoms with Crippen molar-refractivity contribution < 1.29 is 38.1 Å². The van der Waals surface area contributed by atoms with Gasteiger partial charge in [0.15, 0.2) is 11.2 Å². The van der Waals surface area contributed by atoms with E-state index >= 15 is 0 Å². The minimum Gasteiger partial charge on any atom is -0.463 e. The van der Waals surface area contributed by atoms with Crippen LogP contribution in [0.3, 0.4) is 0 Å². The summed E-state index contributed by atoms with van der Waals surface area (Å²) >= 11 is 0. The molecule has 0 aromatic carbocycles. The zero-order chi connectivity index (χ0) is 32.3. The molecule has 2 aliphatic rings. The summed E-state index contributed by atoms with van der Waals surface area (Å²) in [7, 11) is 0. The molecule has 0 aromatic heterocycles. The van der Waals surface area contributed by atoms with Gasteiger partial charge in [-0.15, -0.1) is 0 Å². The van der Waals surface area contributed by atoms with E-state index in [1.807, 2.05) is 0 Å². The molecule has 0 heterocycles. The monoisotopic (exact) mass is 618 g/mol. The Morgan fingerprint density at radius 1 is 0.614 bits per heavy atom. The van der Waals surface area contributed by atoms with E-state index in [9.17, 15) is 19.2 Å². The Hall–Kier alpha value is -2.64. The third kappa shape index (κ3) is 12.4. The quantitative estimate of drug-likeness (QED) is 0.0550. The van der Waals surface area contributed by atoms with Gasteiger partial charge in [-0.25, -0.2) is 9.59 Å². The van der Waals surface area contributed by atoms with Crippen molar-refractivity contribution in [3.05, 3.63) is 25.3 Å². The van der Waals surface area contributed by atoms with Crippen molar-refractivity contribution in [1.29, 1.82) is 0 Å². The average Bonchev–Trinajstić information content (AvgIpc) is 3.02. The number of hydrogen-bond acceptors (Lipinski definition) is 8. The molecule has 0 spiro atoms. The van der Waals surface area contributed by atoms with Gasteiger partial charge in [-0.2, -0.15) is 0 Å². The minimum absolute atomic E-state index is 0.234. The van der Waals surface area contributed by atoms with E-state index in [4.69, 9.17) is 18.9 Å². The Bertz CT molecular complexity index is 835. The van der Waals surface area contributed by atoms with Gasteiger partial charge in [0.05, 0.1) is 13.2 Å². The van der Waals surface area contributed by atoms with E-state index in [0.717, 1.165) is 102 Å². The summed E-state index contributed by atoms with van der Waals surface area (Å²) in [5.41, 5.74) is -1.61. The summed E-state index contributed by atoms with van der Waals surface area (Å²) in [4.78, 5) is 49.3. The zero-order valence-electron chi connectivity index (χ0n) is 27.5. The van der Waals surface area contributed by atoms with Crippen LogP contribution in [-0.4, -0.2) is 48.3 Å². The average molecular weight is 619 g/mol. The van der Waals surface area contributed by atoms with Crippen molar-refractivity contribution in [2.45, 2.75) is 153 Å². The molecule has 44 heavy (non-hydrogen) atoms. The van der Waals surface area contributed by atoms with Gasteiger partial charge in [0.1, 0.15) is 0 Å². The lowest BCUT2D eigenvalue weighted by Gasteiger charge is -2.54. The molecular weight excluding hydrogens is 560 g/mol. The summed E-state index contributed by atoms with van der Waals surface area (Å²) in [5.74, 6) is -0.140. The highest BCUT2D eigenvalue weighted by Crippen LogP contribution is 2.52. The van der Waals surface area contributed by atoms with Gasteiger partial charge in [0.2, 0.25) is 0 Å². The van der Waals surface area contributed by atoms with Crippen molar-refractivity contribution >= 4 is 23.9 Å². The molecule has 0 bridgehead atoms. The van der Waals surface area contributed by atoms with Crippen LogP contribution in [0.1, 0.15) is 142 Å². The maximum Gasteiger partial charge on any atom is 0.330 e.